The Hall–Kier alpha value is -1.89. The second-order valence-electron chi connectivity index (χ2n) is 6.56. The number of ether oxygens (including phenoxy) is 1. The molecule has 2 aromatic rings. The number of halogens is 1. The lowest BCUT2D eigenvalue weighted by atomic mass is 9.81. The van der Waals surface area contributed by atoms with Gasteiger partial charge in [0.15, 0.2) is 5.78 Å². The molecule has 0 saturated carbocycles. The highest BCUT2D eigenvalue weighted by atomic mass is 35.5. The van der Waals surface area contributed by atoms with Crippen molar-refractivity contribution < 1.29 is 14.3 Å². The van der Waals surface area contributed by atoms with E-state index in [0.717, 1.165) is 29.2 Å². The molecule has 0 unspecified atom stereocenters. The molecule has 136 valence electrons. The van der Waals surface area contributed by atoms with Gasteiger partial charge >= 0.3 is 0 Å². The number of fused-ring (bicyclic) bond motifs is 1. The van der Waals surface area contributed by atoms with Crippen LogP contribution in [0.25, 0.3) is 0 Å². The van der Waals surface area contributed by atoms with E-state index in [1.807, 2.05) is 24.3 Å². The molecule has 5 nitrogen and oxygen atoms in total. The number of morpholine rings is 1. The van der Waals surface area contributed by atoms with Gasteiger partial charge in [0.05, 0.1) is 29.1 Å². The molecule has 1 amide bonds. The summed E-state index contributed by atoms with van der Waals surface area (Å²) < 4.78 is 5.42. The number of nitrogens with one attached hydrogen (secondary N) is 1. The van der Waals surface area contributed by atoms with Crippen molar-refractivity contribution in [3.8, 4) is 0 Å². The van der Waals surface area contributed by atoms with Gasteiger partial charge in [-0.2, -0.15) is 0 Å². The Kier molecular flexibility index (Phi) is 4.73. The van der Waals surface area contributed by atoms with Crippen LogP contribution in [0.5, 0.6) is 0 Å². The molecular formula is C19H19ClN2O3S. The fourth-order valence-corrected chi connectivity index (χ4v) is 4.88. The van der Waals surface area contributed by atoms with Crippen LogP contribution in [-0.2, 0) is 9.53 Å². The maximum absolute atomic E-state index is 12.6. The summed E-state index contributed by atoms with van der Waals surface area (Å²) in [6, 6.07) is 8.99. The molecule has 1 N–H and O–H groups in total. The van der Waals surface area contributed by atoms with Gasteiger partial charge in [0, 0.05) is 24.0 Å². The number of carbonyl (C=O) groups excluding carboxylic acids is 2. The number of amides is 1. The van der Waals surface area contributed by atoms with Crippen LogP contribution in [0.3, 0.4) is 0 Å². The summed E-state index contributed by atoms with van der Waals surface area (Å²) in [6.45, 7) is 4.51. The lowest BCUT2D eigenvalue weighted by Crippen LogP contribution is -2.48. The number of hydrogen-bond donors (Lipinski definition) is 1. The van der Waals surface area contributed by atoms with Crippen LogP contribution < -0.4 is 10.2 Å². The summed E-state index contributed by atoms with van der Waals surface area (Å²) in [6.07, 6.45) is 0. The quantitative estimate of drug-likeness (QED) is 0.875. The van der Waals surface area contributed by atoms with Gasteiger partial charge in [-0.1, -0.05) is 23.7 Å². The second-order valence-corrected chi connectivity index (χ2v) is 8.03. The van der Waals surface area contributed by atoms with E-state index in [2.05, 4.69) is 16.3 Å². The third-order valence-electron chi connectivity index (χ3n) is 4.90. The topological polar surface area (TPSA) is 58.6 Å². The lowest BCUT2D eigenvalue weighted by Gasteiger charge is -2.31. The molecule has 2 aliphatic rings. The van der Waals surface area contributed by atoms with Gasteiger partial charge in [-0.3, -0.25) is 9.59 Å². The predicted octanol–water partition coefficient (Wildman–Crippen LogP) is 3.07. The number of rotatable bonds is 3. The third kappa shape index (κ3) is 3.13. The molecule has 3 heterocycles. The number of hydrogen-bond acceptors (Lipinski definition) is 5. The first-order valence-corrected chi connectivity index (χ1v) is 9.77. The van der Waals surface area contributed by atoms with Gasteiger partial charge in [-0.25, -0.2) is 0 Å². The van der Waals surface area contributed by atoms with Gasteiger partial charge in [0.25, 0.3) is 5.91 Å². The molecule has 1 fully saturated rings. The van der Waals surface area contributed by atoms with Crippen LogP contribution in [0.2, 0.25) is 5.02 Å². The Morgan fingerprint density at radius 2 is 1.96 bits per heavy atom. The molecule has 1 saturated heterocycles. The summed E-state index contributed by atoms with van der Waals surface area (Å²) in [5, 5.41) is 4.60. The Bertz CT molecular complexity index is 843. The zero-order valence-electron chi connectivity index (χ0n) is 14.3. The number of thiophene rings is 1. The highest BCUT2D eigenvalue weighted by Gasteiger charge is 2.39. The molecule has 0 bridgehead atoms. The number of carbonyl (C=O) groups is 2. The fourth-order valence-electron chi connectivity index (χ4n) is 3.59. The van der Waals surface area contributed by atoms with E-state index in [1.54, 1.807) is 0 Å². The van der Waals surface area contributed by atoms with Crippen LogP contribution in [-0.4, -0.2) is 44.0 Å². The van der Waals surface area contributed by atoms with Crippen molar-refractivity contribution in [2.45, 2.75) is 18.9 Å². The van der Waals surface area contributed by atoms with Gasteiger partial charge in [0.1, 0.15) is 0 Å². The molecule has 1 aromatic heterocycles. The Balaban J connectivity index is 1.79. The summed E-state index contributed by atoms with van der Waals surface area (Å²) >= 11 is 7.51. The van der Waals surface area contributed by atoms with Gasteiger partial charge in [-0.05, 0) is 36.2 Å². The van der Waals surface area contributed by atoms with E-state index < -0.39 is 6.04 Å². The predicted molar refractivity (Wildman–Crippen MR) is 103 cm³/mol. The van der Waals surface area contributed by atoms with Crippen molar-refractivity contribution in [2.75, 3.05) is 31.2 Å². The van der Waals surface area contributed by atoms with Crippen molar-refractivity contribution in [3.05, 3.63) is 51.4 Å². The molecule has 2 aliphatic heterocycles. The first kappa shape index (κ1) is 17.5. The minimum absolute atomic E-state index is 0.0527. The van der Waals surface area contributed by atoms with Crippen LogP contribution in [0.15, 0.2) is 30.3 Å². The number of nitrogens with zero attached hydrogens (tertiary/aromatic N) is 1. The summed E-state index contributed by atoms with van der Waals surface area (Å²) in [5.41, 5.74) is 1.89. The van der Waals surface area contributed by atoms with Gasteiger partial charge in [-0.15, -0.1) is 11.3 Å². The minimum atomic E-state index is -0.566. The van der Waals surface area contributed by atoms with Crippen LogP contribution in [0.1, 0.15) is 33.6 Å². The molecule has 0 radical (unpaired) electrons. The third-order valence-corrected chi connectivity index (χ3v) is 6.36. The average molecular weight is 391 g/mol. The molecular weight excluding hydrogens is 372 g/mol. The van der Waals surface area contributed by atoms with Gasteiger partial charge < -0.3 is 15.0 Å². The van der Waals surface area contributed by atoms with E-state index in [-0.39, 0.29) is 17.6 Å². The number of benzene rings is 1. The molecule has 26 heavy (non-hydrogen) atoms. The van der Waals surface area contributed by atoms with Crippen molar-refractivity contribution in [3.63, 3.8) is 0 Å². The van der Waals surface area contributed by atoms with E-state index in [1.165, 1.54) is 18.3 Å². The highest BCUT2D eigenvalue weighted by molar-refractivity contribution is 7.18. The second kappa shape index (κ2) is 7.02. The zero-order chi connectivity index (χ0) is 18.3. The van der Waals surface area contributed by atoms with E-state index in [9.17, 15) is 9.59 Å². The molecule has 1 aromatic carbocycles. The largest absolute Gasteiger partial charge is 0.378 e. The number of Topliss-reactive ketones (excluding diaryl/α,β-unsaturated/α-hetero) is 1. The minimum Gasteiger partial charge on any atom is -0.378 e. The molecule has 4 rings (SSSR count). The van der Waals surface area contributed by atoms with Crippen molar-refractivity contribution in [1.29, 1.82) is 0 Å². The maximum atomic E-state index is 12.6. The Labute approximate surface area is 160 Å². The lowest BCUT2D eigenvalue weighted by molar-refractivity contribution is -0.119. The number of anilines is 1. The molecule has 7 heteroatoms. The maximum Gasteiger partial charge on any atom is 0.262 e. The Morgan fingerprint density at radius 3 is 2.62 bits per heavy atom. The van der Waals surface area contributed by atoms with E-state index >= 15 is 0 Å². The van der Waals surface area contributed by atoms with Crippen LogP contribution >= 0.6 is 22.9 Å². The van der Waals surface area contributed by atoms with Crippen LogP contribution in [0, 0.1) is 0 Å². The van der Waals surface area contributed by atoms with Crippen molar-refractivity contribution in [2.24, 2.45) is 0 Å². The fraction of sp³-hybridized carbons (Fsp3) is 0.368. The normalized spacial score (nSPS) is 22.7. The zero-order valence-corrected chi connectivity index (χ0v) is 15.9. The van der Waals surface area contributed by atoms with Crippen molar-refractivity contribution >= 4 is 39.6 Å². The molecule has 0 spiro atoms. The first-order chi connectivity index (χ1) is 12.5. The van der Waals surface area contributed by atoms with Crippen molar-refractivity contribution in [1.82, 2.24) is 5.32 Å². The summed E-state index contributed by atoms with van der Waals surface area (Å²) in [4.78, 5) is 27.8. The first-order valence-electron chi connectivity index (χ1n) is 8.58. The molecule has 0 aliphatic carbocycles. The van der Waals surface area contributed by atoms with Crippen LogP contribution in [0.4, 0.5) is 5.00 Å². The highest BCUT2D eigenvalue weighted by Crippen LogP contribution is 2.42. The monoisotopic (exact) mass is 390 g/mol. The van der Waals surface area contributed by atoms with Gasteiger partial charge in [0.2, 0.25) is 0 Å². The molecule has 2 atom stereocenters. The summed E-state index contributed by atoms with van der Waals surface area (Å²) in [7, 11) is 0. The summed E-state index contributed by atoms with van der Waals surface area (Å²) in [5.74, 6) is -0.429. The van der Waals surface area contributed by atoms with E-state index in [0.29, 0.717) is 23.1 Å². The number of ketones is 1. The Morgan fingerprint density at radius 1 is 1.27 bits per heavy atom. The van der Waals surface area contributed by atoms with E-state index in [4.69, 9.17) is 16.3 Å². The standard InChI is InChI=1S/C19H19ClN2O3S/c1-11(23)17-16(12-2-4-13(20)5-3-12)14-10-15(22-6-8-25-9-7-22)26-18(14)19(24)21-17/h2-5,10,16-17H,6-9H2,1H3,(H,21,24)/t16-,17+/m1/s1. The SMILES string of the molecule is CC(=O)[C@@H]1NC(=O)c2sc(N3CCOCC3)cc2[C@H]1c1ccc(Cl)cc1. The average Bonchev–Trinajstić information content (AvgIpc) is 3.09. The smallest absolute Gasteiger partial charge is 0.262 e.